The van der Waals surface area contributed by atoms with Crippen LogP contribution in [-0.4, -0.2) is 55.1 Å². The number of halogens is 1. The highest BCUT2D eigenvalue weighted by atomic mass is 32.2. The minimum absolute atomic E-state index is 0.0328. The average molecular weight is 707 g/mol. The highest BCUT2D eigenvalue weighted by molar-refractivity contribution is 7.89. The number of hydrogen-bond donors (Lipinski definition) is 1. The van der Waals surface area contributed by atoms with Crippen LogP contribution < -0.4 is 4.72 Å². The number of hydrogen-bond acceptors (Lipinski definition) is 8. The Balaban J connectivity index is 1.63. The normalized spacial score (nSPS) is 19.1. The van der Waals surface area contributed by atoms with Crippen LogP contribution in [-0.2, 0) is 41.9 Å². The summed E-state index contributed by atoms with van der Waals surface area (Å²) in [5, 5.41) is 0. The highest BCUT2D eigenvalue weighted by Gasteiger charge is 2.36. The topological polar surface area (TPSA) is 121 Å². The van der Waals surface area contributed by atoms with E-state index in [1.165, 1.54) is 12.1 Å². The lowest BCUT2D eigenvalue weighted by molar-refractivity contribution is -0.290. The molecule has 1 N–H and O–H groups in total. The largest absolute Gasteiger partial charge is 0.460 e. The average Bonchev–Trinajstić information content (AvgIpc) is 3.16. The van der Waals surface area contributed by atoms with E-state index in [1.807, 2.05) is 52.8 Å². The molecule has 0 unspecified atom stereocenters. The number of aryl methyl sites for hydroxylation is 1. The third-order valence-electron chi connectivity index (χ3n) is 8.50. The van der Waals surface area contributed by atoms with Crippen molar-refractivity contribution in [3.05, 3.63) is 82.3 Å². The number of esters is 1. The Morgan fingerprint density at radius 2 is 1.80 bits per heavy atom. The number of nitrogens with zero attached hydrogens (tertiary/aromatic N) is 1. The molecule has 2 aromatic carbocycles. The Kier molecular flexibility index (Phi) is 10.7. The fourth-order valence-corrected chi connectivity index (χ4v) is 7.14. The van der Waals surface area contributed by atoms with E-state index in [2.05, 4.69) is 18.6 Å². The quantitative estimate of drug-likeness (QED) is 0.239. The predicted octanol–water partition coefficient (Wildman–Crippen LogP) is 7.51. The number of aromatic nitrogens is 1. The number of fused-ring (bicyclic) bond motifs is 3. The SMILES string of the molecule is CC(C)c1nc2c(c(-c3ccc(F)cc3)c1/C=C/[C@@H]1C[C@H](CC(=O)OC(C)(C)C)OC(C)(C)O1)CCCc1ccc(C(=O)NS(C)(=O)=O)cc1-2. The number of pyridine rings is 1. The molecule has 3 aromatic rings. The van der Waals surface area contributed by atoms with Gasteiger partial charge in [-0.15, -0.1) is 0 Å². The smallest absolute Gasteiger partial charge is 0.308 e. The van der Waals surface area contributed by atoms with E-state index < -0.39 is 33.4 Å². The Morgan fingerprint density at radius 1 is 1.10 bits per heavy atom. The van der Waals surface area contributed by atoms with Crippen LogP contribution in [0.3, 0.4) is 0 Å². The van der Waals surface area contributed by atoms with E-state index in [1.54, 1.807) is 24.3 Å². The maximum Gasteiger partial charge on any atom is 0.308 e. The second-order valence-corrected chi connectivity index (χ2v) is 16.6. The summed E-state index contributed by atoms with van der Waals surface area (Å²) >= 11 is 0. The van der Waals surface area contributed by atoms with Gasteiger partial charge >= 0.3 is 5.97 Å². The van der Waals surface area contributed by atoms with Crippen molar-refractivity contribution >= 4 is 28.0 Å². The van der Waals surface area contributed by atoms with E-state index in [4.69, 9.17) is 19.2 Å². The number of sulfonamides is 1. The van der Waals surface area contributed by atoms with Gasteiger partial charge in [-0.3, -0.25) is 14.6 Å². The van der Waals surface area contributed by atoms with Gasteiger partial charge in [0.25, 0.3) is 5.91 Å². The van der Waals surface area contributed by atoms with Gasteiger partial charge in [0.05, 0.1) is 36.3 Å². The number of carbonyl (C=O) groups excluding carboxylic acids is 2. The third kappa shape index (κ3) is 9.24. The molecule has 1 saturated heterocycles. The van der Waals surface area contributed by atoms with Crippen molar-refractivity contribution in [2.24, 2.45) is 0 Å². The molecular formula is C39H47FN2O7S. The molecule has 1 amide bonds. The van der Waals surface area contributed by atoms with Crippen LogP contribution in [0.5, 0.6) is 0 Å². The van der Waals surface area contributed by atoms with Gasteiger partial charge in [0, 0.05) is 23.1 Å². The zero-order valence-electron chi connectivity index (χ0n) is 30.1. The first-order chi connectivity index (χ1) is 23.3. The van der Waals surface area contributed by atoms with Crippen molar-refractivity contribution in [1.29, 1.82) is 0 Å². The van der Waals surface area contributed by atoms with Crippen molar-refractivity contribution in [3.8, 4) is 22.4 Å². The molecule has 268 valence electrons. The molecular weight excluding hydrogens is 660 g/mol. The standard InChI is InChI=1S/C39H47FN2O7S/c1-23(2)35-31(19-18-28-21-29(48-39(6,7)47-28)22-33(43)49-38(3,4)5)34(25-14-16-27(40)17-15-25)30-11-9-10-24-12-13-26(20-32(24)36(30)41-35)37(44)42-50(8,45)46/h12-20,23,28-29H,9-11,21-22H2,1-8H3,(H,42,44)/b19-18+/t28-,29-/m1/s1. The summed E-state index contributed by atoms with van der Waals surface area (Å²) in [5.74, 6) is -2.38. The van der Waals surface area contributed by atoms with Gasteiger partial charge in [-0.25, -0.2) is 17.5 Å². The number of benzene rings is 2. The maximum atomic E-state index is 14.3. The Morgan fingerprint density at radius 3 is 2.44 bits per heavy atom. The molecule has 2 aliphatic rings. The monoisotopic (exact) mass is 706 g/mol. The minimum atomic E-state index is -3.76. The number of amides is 1. The van der Waals surface area contributed by atoms with Crippen LogP contribution in [0.25, 0.3) is 28.5 Å². The van der Waals surface area contributed by atoms with Gasteiger partial charge in [-0.2, -0.15) is 0 Å². The zero-order chi connectivity index (χ0) is 36.6. The molecule has 0 saturated carbocycles. The molecule has 1 aromatic heterocycles. The van der Waals surface area contributed by atoms with E-state index in [-0.39, 0.29) is 35.8 Å². The fraction of sp³-hybridized carbons (Fsp3) is 0.462. The van der Waals surface area contributed by atoms with E-state index >= 15 is 0 Å². The first-order valence-electron chi connectivity index (χ1n) is 17.0. The second kappa shape index (κ2) is 14.4. The van der Waals surface area contributed by atoms with Crippen LogP contribution in [0.2, 0.25) is 0 Å². The second-order valence-electron chi connectivity index (χ2n) is 14.9. The molecule has 0 radical (unpaired) electrons. The number of nitrogens with one attached hydrogen (secondary N) is 1. The molecule has 9 nitrogen and oxygen atoms in total. The maximum absolute atomic E-state index is 14.3. The third-order valence-corrected chi connectivity index (χ3v) is 9.05. The molecule has 50 heavy (non-hydrogen) atoms. The first kappa shape index (κ1) is 37.3. The van der Waals surface area contributed by atoms with Crippen LogP contribution in [0.15, 0.2) is 48.5 Å². The van der Waals surface area contributed by atoms with Crippen molar-refractivity contribution in [3.63, 3.8) is 0 Å². The molecule has 0 bridgehead atoms. The van der Waals surface area contributed by atoms with Crippen molar-refractivity contribution < 1.29 is 36.6 Å². The van der Waals surface area contributed by atoms with E-state index in [0.29, 0.717) is 18.5 Å². The number of ether oxygens (including phenoxy) is 3. The minimum Gasteiger partial charge on any atom is -0.460 e. The molecule has 11 heteroatoms. The fourth-order valence-electron chi connectivity index (χ4n) is 6.68. The van der Waals surface area contributed by atoms with E-state index in [0.717, 1.165) is 58.2 Å². The van der Waals surface area contributed by atoms with Crippen LogP contribution in [0.1, 0.15) is 106 Å². The molecule has 1 fully saturated rings. The lowest BCUT2D eigenvalue weighted by Gasteiger charge is -2.40. The molecule has 1 aliphatic carbocycles. The van der Waals surface area contributed by atoms with Crippen molar-refractivity contribution in [1.82, 2.24) is 9.71 Å². The Bertz CT molecular complexity index is 1910. The summed E-state index contributed by atoms with van der Waals surface area (Å²) < 4.78 is 58.0. The molecule has 5 rings (SSSR count). The van der Waals surface area contributed by atoms with Gasteiger partial charge < -0.3 is 14.2 Å². The van der Waals surface area contributed by atoms with Crippen LogP contribution in [0.4, 0.5) is 4.39 Å². The summed E-state index contributed by atoms with van der Waals surface area (Å²) in [5.41, 5.74) is 6.44. The van der Waals surface area contributed by atoms with Gasteiger partial charge in [-0.05, 0) is 106 Å². The Hall–Kier alpha value is -3.93. The summed E-state index contributed by atoms with van der Waals surface area (Å²) in [6, 6.07) is 11.6. The number of rotatable bonds is 8. The molecule has 0 spiro atoms. The predicted molar refractivity (Wildman–Crippen MR) is 191 cm³/mol. The van der Waals surface area contributed by atoms with Gasteiger partial charge in [0.2, 0.25) is 10.0 Å². The Labute approximate surface area is 294 Å². The van der Waals surface area contributed by atoms with Crippen LogP contribution >= 0.6 is 0 Å². The summed E-state index contributed by atoms with van der Waals surface area (Å²) in [4.78, 5) is 30.9. The highest BCUT2D eigenvalue weighted by Crippen LogP contribution is 2.42. The summed E-state index contributed by atoms with van der Waals surface area (Å²) in [6.45, 7) is 13.3. The van der Waals surface area contributed by atoms with Gasteiger partial charge in [0.15, 0.2) is 5.79 Å². The van der Waals surface area contributed by atoms with Gasteiger partial charge in [-0.1, -0.05) is 44.2 Å². The zero-order valence-corrected chi connectivity index (χ0v) is 30.9. The summed E-state index contributed by atoms with van der Waals surface area (Å²) in [6.07, 6.45) is 6.87. The molecule has 1 aliphatic heterocycles. The first-order valence-corrected chi connectivity index (χ1v) is 18.9. The number of carbonyl (C=O) groups is 2. The van der Waals surface area contributed by atoms with Crippen molar-refractivity contribution in [2.75, 3.05) is 6.26 Å². The van der Waals surface area contributed by atoms with E-state index in [9.17, 15) is 22.4 Å². The van der Waals surface area contributed by atoms with Gasteiger partial charge in [0.1, 0.15) is 11.4 Å². The molecule has 2 heterocycles. The van der Waals surface area contributed by atoms with Crippen molar-refractivity contribution in [2.45, 2.75) is 110 Å². The van der Waals surface area contributed by atoms with Crippen LogP contribution in [0, 0.1) is 5.82 Å². The summed E-state index contributed by atoms with van der Waals surface area (Å²) in [7, 11) is -3.76. The lowest BCUT2D eigenvalue weighted by atomic mass is 9.86. The lowest BCUT2D eigenvalue weighted by Crippen LogP contribution is -2.45. The molecule has 2 atom stereocenters.